The monoisotopic (exact) mass is 286 g/mol. The SMILES string of the molecule is COC(=O)C(NC(=O)NC1(C(=O)O)CCCC1)C(C)C. The number of carbonyl (C=O) groups is 3. The lowest BCUT2D eigenvalue weighted by atomic mass is 9.98. The van der Waals surface area contributed by atoms with Gasteiger partial charge < -0.3 is 20.5 Å². The first-order valence-electron chi connectivity index (χ1n) is 6.72. The summed E-state index contributed by atoms with van der Waals surface area (Å²) in [5, 5.41) is 14.3. The molecule has 0 aromatic rings. The highest BCUT2D eigenvalue weighted by Crippen LogP contribution is 2.29. The Bertz CT molecular complexity index is 388. The highest BCUT2D eigenvalue weighted by molar-refractivity contribution is 5.89. The van der Waals surface area contributed by atoms with Crippen molar-refractivity contribution in [3.63, 3.8) is 0 Å². The fourth-order valence-corrected chi connectivity index (χ4v) is 2.39. The molecule has 1 fully saturated rings. The summed E-state index contributed by atoms with van der Waals surface area (Å²) in [6.07, 6.45) is 2.33. The maximum absolute atomic E-state index is 12.0. The number of carbonyl (C=O) groups excluding carboxylic acids is 2. The standard InChI is InChI=1S/C13H22N2O5/c1-8(2)9(10(16)20-3)14-12(19)15-13(11(17)18)6-4-5-7-13/h8-9H,4-7H2,1-3H3,(H,17,18)(H2,14,15,19). The zero-order valence-electron chi connectivity index (χ0n) is 12.1. The summed E-state index contributed by atoms with van der Waals surface area (Å²) in [6, 6.07) is -1.45. The fourth-order valence-electron chi connectivity index (χ4n) is 2.39. The molecule has 0 radical (unpaired) electrons. The molecule has 1 aliphatic rings. The molecule has 7 heteroatoms. The van der Waals surface area contributed by atoms with Gasteiger partial charge in [0, 0.05) is 0 Å². The molecule has 0 spiro atoms. The van der Waals surface area contributed by atoms with Gasteiger partial charge in [-0.25, -0.2) is 14.4 Å². The van der Waals surface area contributed by atoms with Crippen LogP contribution in [0.15, 0.2) is 0 Å². The molecule has 0 bridgehead atoms. The predicted octanol–water partition coefficient (Wildman–Crippen LogP) is 0.881. The number of methoxy groups -OCH3 is 1. The van der Waals surface area contributed by atoms with E-state index in [0.717, 1.165) is 12.8 Å². The van der Waals surface area contributed by atoms with E-state index in [0.29, 0.717) is 12.8 Å². The van der Waals surface area contributed by atoms with Crippen LogP contribution in [0.4, 0.5) is 4.79 Å². The van der Waals surface area contributed by atoms with Crippen molar-refractivity contribution >= 4 is 18.0 Å². The number of esters is 1. The lowest BCUT2D eigenvalue weighted by Crippen LogP contribution is -2.58. The van der Waals surface area contributed by atoms with Crippen molar-refractivity contribution in [1.29, 1.82) is 0 Å². The number of carboxylic acid groups (broad SMARTS) is 1. The predicted molar refractivity (Wildman–Crippen MR) is 71.1 cm³/mol. The zero-order valence-corrected chi connectivity index (χ0v) is 12.1. The van der Waals surface area contributed by atoms with Gasteiger partial charge >= 0.3 is 18.0 Å². The van der Waals surface area contributed by atoms with Crippen LogP contribution in [0, 0.1) is 5.92 Å². The van der Waals surface area contributed by atoms with Crippen LogP contribution in [-0.4, -0.2) is 41.8 Å². The topological polar surface area (TPSA) is 105 Å². The molecular formula is C13H22N2O5. The van der Waals surface area contributed by atoms with Gasteiger partial charge in [-0.05, 0) is 18.8 Å². The minimum Gasteiger partial charge on any atom is -0.480 e. The van der Waals surface area contributed by atoms with Gasteiger partial charge in [-0.15, -0.1) is 0 Å². The second-order valence-corrected chi connectivity index (χ2v) is 5.44. The number of carboxylic acids is 1. The Morgan fingerprint density at radius 3 is 2.15 bits per heavy atom. The summed E-state index contributed by atoms with van der Waals surface area (Å²) in [5.41, 5.74) is -1.22. The number of ether oxygens (including phenoxy) is 1. The Morgan fingerprint density at radius 1 is 1.20 bits per heavy atom. The van der Waals surface area contributed by atoms with Gasteiger partial charge in [-0.2, -0.15) is 0 Å². The van der Waals surface area contributed by atoms with E-state index < -0.39 is 29.6 Å². The van der Waals surface area contributed by atoms with Crippen molar-refractivity contribution in [3.8, 4) is 0 Å². The molecule has 20 heavy (non-hydrogen) atoms. The first-order chi connectivity index (χ1) is 9.32. The summed E-state index contributed by atoms with van der Waals surface area (Å²) in [5.74, 6) is -1.74. The van der Waals surface area contributed by atoms with Crippen molar-refractivity contribution < 1.29 is 24.2 Å². The Balaban J connectivity index is 2.70. The highest BCUT2D eigenvalue weighted by atomic mass is 16.5. The molecule has 1 rings (SSSR count). The van der Waals surface area contributed by atoms with E-state index >= 15 is 0 Å². The Labute approximate surface area is 118 Å². The van der Waals surface area contributed by atoms with Gasteiger partial charge in [0.25, 0.3) is 0 Å². The van der Waals surface area contributed by atoms with Crippen LogP contribution in [0.25, 0.3) is 0 Å². The molecule has 0 heterocycles. The maximum Gasteiger partial charge on any atom is 0.329 e. The smallest absolute Gasteiger partial charge is 0.329 e. The molecule has 1 aliphatic carbocycles. The lowest BCUT2D eigenvalue weighted by molar-refractivity contribution is -0.144. The first kappa shape index (κ1) is 16.3. The summed E-state index contributed by atoms with van der Waals surface area (Å²) in [6.45, 7) is 3.54. The van der Waals surface area contributed by atoms with Crippen LogP contribution in [0.1, 0.15) is 39.5 Å². The molecular weight excluding hydrogens is 264 g/mol. The van der Waals surface area contributed by atoms with E-state index in [1.54, 1.807) is 13.8 Å². The van der Waals surface area contributed by atoms with E-state index in [2.05, 4.69) is 15.4 Å². The minimum atomic E-state index is -1.22. The van der Waals surface area contributed by atoms with Crippen molar-refractivity contribution in [2.24, 2.45) is 5.92 Å². The molecule has 1 atom stereocenters. The van der Waals surface area contributed by atoms with E-state index in [1.165, 1.54) is 7.11 Å². The van der Waals surface area contributed by atoms with Crippen molar-refractivity contribution in [3.05, 3.63) is 0 Å². The molecule has 7 nitrogen and oxygen atoms in total. The summed E-state index contributed by atoms with van der Waals surface area (Å²) < 4.78 is 4.62. The van der Waals surface area contributed by atoms with E-state index in [1.807, 2.05) is 0 Å². The number of nitrogens with one attached hydrogen (secondary N) is 2. The third-order valence-corrected chi connectivity index (χ3v) is 3.63. The van der Waals surface area contributed by atoms with Crippen molar-refractivity contribution in [2.45, 2.75) is 51.1 Å². The molecule has 0 aromatic heterocycles. The summed E-state index contributed by atoms with van der Waals surface area (Å²) in [7, 11) is 1.24. The minimum absolute atomic E-state index is 0.155. The lowest BCUT2D eigenvalue weighted by Gasteiger charge is -2.27. The normalized spacial score (nSPS) is 18.4. The average Bonchev–Trinajstić information content (AvgIpc) is 2.84. The molecule has 2 amide bonds. The Morgan fingerprint density at radius 2 is 1.75 bits per heavy atom. The third kappa shape index (κ3) is 3.61. The number of hydrogen-bond donors (Lipinski definition) is 3. The van der Waals surface area contributed by atoms with Crippen LogP contribution in [0.5, 0.6) is 0 Å². The van der Waals surface area contributed by atoms with Crippen LogP contribution in [0.3, 0.4) is 0 Å². The van der Waals surface area contributed by atoms with Gasteiger partial charge in [0.05, 0.1) is 7.11 Å². The van der Waals surface area contributed by atoms with Gasteiger partial charge in [0.1, 0.15) is 11.6 Å². The highest BCUT2D eigenvalue weighted by Gasteiger charge is 2.43. The van der Waals surface area contributed by atoms with Crippen LogP contribution in [0.2, 0.25) is 0 Å². The number of aliphatic carboxylic acids is 1. The summed E-state index contributed by atoms with van der Waals surface area (Å²) >= 11 is 0. The maximum atomic E-state index is 12.0. The largest absolute Gasteiger partial charge is 0.480 e. The molecule has 114 valence electrons. The van der Waals surface area contributed by atoms with Crippen LogP contribution < -0.4 is 10.6 Å². The van der Waals surface area contributed by atoms with Gasteiger partial charge in [0.2, 0.25) is 0 Å². The van der Waals surface area contributed by atoms with E-state index in [4.69, 9.17) is 0 Å². The number of amides is 2. The van der Waals surface area contributed by atoms with E-state index in [9.17, 15) is 19.5 Å². The van der Waals surface area contributed by atoms with Crippen LogP contribution >= 0.6 is 0 Å². The molecule has 3 N–H and O–H groups in total. The first-order valence-corrected chi connectivity index (χ1v) is 6.72. The van der Waals surface area contributed by atoms with Gasteiger partial charge in [0.15, 0.2) is 0 Å². The second-order valence-electron chi connectivity index (χ2n) is 5.44. The average molecular weight is 286 g/mol. The van der Waals surface area contributed by atoms with Crippen molar-refractivity contribution in [2.75, 3.05) is 7.11 Å². The Kier molecular flexibility index (Phi) is 5.35. The number of rotatable bonds is 5. The molecule has 0 aromatic carbocycles. The quantitative estimate of drug-likeness (QED) is 0.651. The number of urea groups is 1. The molecule has 0 saturated heterocycles. The number of hydrogen-bond acceptors (Lipinski definition) is 4. The summed E-state index contributed by atoms with van der Waals surface area (Å²) in [4.78, 5) is 34.8. The third-order valence-electron chi connectivity index (χ3n) is 3.63. The van der Waals surface area contributed by atoms with E-state index in [-0.39, 0.29) is 5.92 Å². The zero-order chi connectivity index (χ0) is 15.3. The second kappa shape index (κ2) is 6.58. The Hall–Kier alpha value is -1.79. The fraction of sp³-hybridized carbons (Fsp3) is 0.769. The van der Waals surface area contributed by atoms with Crippen molar-refractivity contribution in [1.82, 2.24) is 10.6 Å². The molecule has 1 saturated carbocycles. The van der Waals surface area contributed by atoms with Gasteiger partial charge in [-0.1, -0.05) is 26.7 Å². The molecule has 1 unspecified atom stereocenters. The van der Waals surface area contributed by atoms with Gasteiger partial charge in [-0.3, -0.25) is 0 Å². The van der Waals surface area contributed by atoms with Crippen LogP contribution in [-0.2, 0) is 14.3 Å². The molecule has 0 aliphatic heterocycles.